The summed E-state index contributed by atoms with van der Waals surface area (Å²) in [5.41, 5.74) is 3.59. The van der Waals surface area contributed by atoms with E-state index < -0.39 is 5.97 Å². The van der Waals surface area contributed by atoms with Crippen LogP contribution in [0.5, 0.6) is 11.5 Å². The van der Waals surface area contributed by atoms with Gasteiger partial charge in [-0.2, -0.15) is 8.75 Å². The molecule has 0 spiro atoms. The number of hydrogen-bond donors (Lipinski definition) is 0. The number of rotatable bonds is 6. The van der Waals surface area contributed by atoms with Crippen LogP contribution in [0, 0.1) is 6.92 Å². The van der Waals surface area contributed by atoms with Crippen molar-refractivity contribution < 1.29 is 53.7 Å². The number of carbonyl (C=O) groups excluding carboxylic acids is 2. The van der Waals surface area contributed by atoms with E-state index in [1.165, 1.54) is 0 Å². The van der Waals surface area contributed by atoms with E-state index in [9.17, 15) is 14.7 Å². The van der Waals surface area contributed by atoms with Crippen LogP contribution in [0.15, 0.2) is 66.2 Å². The van der Waals surface area contributed by atoms with Gasteiger partial charge in [0.2, 0.25) is 6.79 Å². The molecule has 0 radical (unpaired) electrons. The molecule has 0 amide bonds. The number of aromatic nitrogens is 2. The average Bonchev–Trinajstić information content (AvgIpc) is 3.47. The Morgan fingerprint density at radius 2 is 1.62 bits per heavy atom. The summed E-state index contributed by atoms with van der Waals surface area (Å²) in [5.74, 6) is -0.660. The largest absolute Gasteiger partial charge is 1.00 e. The van der Waals surface area contributed by atoms with Gasteiger partial charge in [-0.05, 0) is 42.3 Å². The molecule has 1 aliphatic rings. The second-order valence-electron chi connectivity index (χ2n) is 7.67. The van der Waals surface area contributed by atoms with Crippen molar-refractivity contribution in [2.75, 3.05) is 6.79 Å². The maximum atomic E-state index is 13.6. The monoisotopic (exact) mass is 480 g/mol. The van der Waals surface area contributed by atoms with Gasteiger partial charge in [-0.25, -0.2) is 0 Å². The number of ether oxygens (including phenoxy) is 2. The first kappa shape index (κ1) is 24.1. The number of Topliss-reactive ketones (excluding diaryl/α,β-unsaturated/α-hetero) is 1. The van der Waals surface area contributed by atoms with Crippen molar-refractivity contribution in [1.29, 1.82) is 0 Å². The molecule has 0 atom stereocenters. The average molecular weight is 480 g/mol. The van der Waals surface area contributed by atoms with Gasteiger partial charge < -0.3 is 19.4 Å². The summed E-state index contributed by atoms with van der Waals surface area (Å²) in [6.45, 7) is 2.04. The third-order valence-corrected chi connectivity index (χ3v) is 6.01. The standard InChI is InChI=1S/C25H18N2O5S.Na/c1-14-2-5-16(6-3-14)24(28)18(10-15-4-9-21-22(11-15)32-13-31-21)23(25(29)30)17-7-8-19-20(12-17)27-33-26-19;/h2-9,11-12H,10,13H2,1H3,(H,29,30);/q;+1/p-1. The van der Waals surface area contributed by atoms with Crippen LogP contribution in [-0.4, -0.2) is 27.3 Å². The molecular formula is C25H17N2NaO5S. The van der Waals surface area contributed by atoms with Crippen LogP contribution < -0.4 is 44.1 Å². The normalized spacial score (nSPS) is 12.7. The molecule has 0 saturated heterocycles. The van der Waals surface area contributed by atoms with E-state index in [2.05, 4.69) is 8.75 Å². The summed E-state index contributed by atoms with van der Waals surface area (Å²) in [6, 6.07) is 17.2. The molecule has 9 heteroatoms. The van der Waals surface area contributed by atoms with Gasteiger partial charge in [0, 0.05) is 23.1 Å². The Hall–Kier alpha value is -3.04. The van der Waals surface area contributed by atoms with Gasteiger partial charge in [0.25, 0.3) is 0 Å². The molecule has 0 bridgehead atoms. The van der Waals surface area contributed by atoms with E-state index in [1.807, 2.05) is 19.1 Å². The van der Waals surface area contributed by atoms with Crippen molar-refractivity contribution in [3.8, 4) is 11.5 Å². The Kier molecular flexibility index (Phi) is 7.13. The topological polar surface area (TPSA) is 101 Å². The zero-order chi connectivity index (χ0) is 22.9. The molecule has 0 aliphatic carbocycles. The number of hydrogen-bond acceptors (Lipinski definition) is 8. The number of aliphatic carboxylic acids is 1. The summed E-state index contributed by atoms with van der Waals surface area (Å²) in [5, 5.41) is 12.4. The minimum atomic E-state index is -1.44. The van der Waals surface area contributed by atoms with E-state index in [1.54, 1.807) is 48.5 Å². The van der Waals surface area contributed by atoms with Gasteiger partial charge in [0.15, 0.2) is 17.3 Å². The molecule has 1 aliphatic heterocycles. The Balaban J connectivity index is 0.00000274. The summed E-state index contributed by atoms with van der Waals surface area (Å²) in [4.78, 5) is 26.0. The summed E-state index contributed by atoms with van der Waals surface area (Å²) < 4.78 is 19.2. The number of allylic oxidation sites excluding steroid dienone is 1. The zero-order valence-corrected chi connectivity index (χ0v) is 21.3. The molecule has 3 aromatic carbocycles. The van der Waals surface area contributed by atoms with Crippen molar-refractivity contribution in [2.45, 2.75) is 13.3 Å². The van der Waals surface area contributed by atoms with E-state index >= 15 is 0 Å². The minimum absolute atomic E-state index is 0. The van der Waals surface area contributed by atoms with E-state index in [4.69, 9.17) is 9.47 Å². The maximum Gasteiger partial charge on any atom is 1.00 e. The molecule has 4 aromatic rings. The first-order valence-corrected chi connectivity index (χ1v) is 10.9. The Morgan fingerprint density at radius 3 is 2.38 bits per heavy atom. The number of carboxylic acid groups (broad SMARTS) is 1. The predicted molar refractivity (Wildman–Crippen MR) is 121 cm³/mol. The van der Waals surface area contributed by atoms with Crippen LogP contribution in [0.2, 0.25) is 0 Å². The number of ketones is 1. The minimum Gasteiger partial charge on any atom is -0.545 e. The van der Waals surface area contributed by atoms with Gasteiger partial charge in [-0.15, -0.1) is 0 Å². The van der Waals surface area contributed by atoms with Gasteiger partial charge in [-0.3, -0.25) is 4.79 Å². The van der Waals surface area contributed by atoms with E-state index in [-0.39, 0.29) is 59.7 Å². The van der Waals surface area contributed by atoms with Crippen LogP contribution >= 0.6 is 11.7 Å². The Labute approximate surface area is 221 Å². The molecular weight excluding hydrogens is 463 g/mol. The number of carbonyl (C=O) groups is 2. The van der Waals surface area contributed by atoms with Crippen molar-refractivity contribution in [1.82, 2.24) is 8.75 Å². The smallest absolute Gasteiger partial charge is 0.545 e. The molecule has 1 aromatic heterocycles. The van der Waals surface area contributed by atoms with Crippen molar-refractivity contribution in [3.05, 3.63) is 88.5 Å². The second-order valence-corrected chi connectivity index (χ2v) is 8.20. The fourth-order valence-corrected chi connectivity index (χ4v) is 4.29. The van der Waals surface area contributed by atoms with Crippen LogP contribution in [0.1, 0.15) is 27.0 Å². The van der Waals surface area contributed by atoms with Crippen molar-refractivity contribution in [3.63, 3.8) is 0 Å². The van der Waals surface area contributed by atoms with Gasteiger partial charge in [-0.1, -0.05) is 42.0 Å². The fourth-order valence-electron chi connectivity index (χ4n) is 3.77. The summed E-state index contributed by atoms with van der Waals surface area (Å²) in [7, 11) is 0. The summed E-state index contributed by atoms with van der Waals surface area (Å²) >= 11 is 1.04. The molecule has 2 heterocycles. The molecule has 0 fully saturated rings. The fraction of sp³-hybridized carbons (Fsp3) is 0.120. The molecule has 0 unspecified atom stereocenters. The van der Waals surface area contributed by atoms with E-state index in [0.29, 0.717) is 39.2 Å². The van der Waals surface area contributed by atoms with Crippen molar-refractivity contribution >= 4 is 40.1 Å². The number of benzene rings is 3. The number of nitrogens with zero attached hydrogens (tertiary/aromatic N) is 2. The Bertz CT molecular complexity index is 1430. The van der Waals surface area contributed by atoms with Crippen molar-refractivity contribution in [2.24, 2.45) is 0 Å². The predicted octanol–water partition coefficient (Wildman–Crippen LogP) is 0.362. The SMILES string of the molecule is Cc1ccc(C(=O)C(Cc2ccc3c(c2)OCO3)=C(C(=O)[O-])c2ccc3nsnc3c2)cc1.[Na+]. The maximum absolute atomic E-state index is 13.6. The summed E-state index contributed by atoms with van der Waals surface area (Å²) in [6.07, 6.45) is 0.0695. The van der Waals surface area contributed by atoms with Crippen LogP contribution in [-0.2, 0) is 11.2 Å². The van der Waals surface area contributed by atoms with Crippen LogP contribution in [0.25, 0.3) is 16.6 Å². The third kappa shape index (κ3) is 4.76. The number of fused-ring (bicyclic) bond motifs is 2. The number of carboxylic acids is 1. The second kappa shape index (κ2) is 10.1. The molecule has 34 heavy (non-hydrogen) atoms. The molecule has 5 rings (SSSR count). The van der Waals surface area contributed by atoms with Gasteiger partial charge in [0.05, 0.1) is 17.7 Å². The van der Waals surface area contributed by atoms with Gasteiger partial charge in [0.1, 0.15) is 11.0 Å². The Morgan fingerprint density at radius 1 is 0.912 bits per heavy atom. The van der Waals surface area contributed by atoms with E-state index in [0.717, 1.165) is 17.3 Å². The quantitative estimate of drug-likeness (QED) is 0.223. The molecule has 164 valence electrons. The van der Waals surface area contributed by atoms with Crippen LogP contribution in [0.4, 0.5) is 0 Å². The molecule has 7 nitrogen and oxygen atoms in total. The first-order valence-electron chi connectivity index (χ1n) is 10.2. The molecule has 0 saturated carbocycles. The first-order chi connectivity index (χ1) is 16.0. The third-order valence-electron chi connectivity index (χ3n) is 5.45. The molecule has 0 N–H and O–H groups in total. The van der Waals surface area contributed by atoms with Gasteiger partial charge >= 0.3 is 29.6 Å². The number of aryl methyl sites for hydroxylation is 1. The zero-order valence-electron chi connectivity index (χ0n) is 18.5. The van der Waals surface area contributed by atoms with Crippen LogP contribution in [0.3, 0.4) is 0 Å².